The Labute approximate surface area is 214 Å². The van der Waals surface area contributed by atoms with Gasteiger partial charge in [-0.25, -0.2) is 19.3 Å². The lowest BCUT2D eigenvalue weighted by Gasteiger charge is -2.36. The van der Waals surface area contributed by atoms with Crippen LogP contribution in [0.2, 0.25) is 0 Å². The second kappa shape index (κ2) is 10.4. The van der Waals surface area contributed by atoms with Gasteiger partial charge in [-0.2, -0.15) is 18.4 Å². The molecule has 1 unspecified atom stereocenters. The van der Waals surface area contributed by atoms with Gasteiger partial charge in [-0.15, -0.1) is 5.10 Å². The fourth-order valence-electron chi connectivity index (χ4n) is 4.27. The zero-order valence-electron chi connectivity index (χ0n) is 20.5. The molecule has 0 fully saturated rings. The third-order valence-corrected chi connectivity index (χ3v) is 5.96. The number of carbonyl (C=O) groups is 1. The lowest BCUT2D eigenvalue weighted by Crippen LogP contribution is -2.38. The minimum atomic E-state index is -4.63. The van der Waals surface area contributed by atoms with Crippen LogP contribution in [-0.2, 0) is 20.4 Å². The van der Waals surface area contributed by atoms with E-state index in [1.54, 1.807) is 0 Å². The van der Waals surface area contributed by atoms with Crippen molar-refractivity contribution in [1.82, 2.24) is 14.8 Å². The summed E-state index contributed by atoms with van der Waals surface area (Å²) < 4.78 is 57.5. The maximum absolute atomic E-state index is 13.5. The Morgan fingerprint density at radius 3 is 2.61 bits per heavy atom. The first-order valence-electron chi connectivity index (χ1n) is 11.2. The van der Waals surface area contributed by atoms with Crippen LogP contribution in [0.15, 0.2) is 58.5 Å². The first-order chi connectivity index (χ1) is 18.1. The molecule has 0 amide bonds. The zero-order chi connectivity index (χ0) is 27.6. The number of allylic oxidation sites excluding steroid dienone is 1. The number of fused-ring (bicyclic) bond motifs is 1. The molecule has 0 radical (unpaired) electrons. The standard InChI is InChI=1S/C25H22F3N5O5/c1-14-20(22(34)37-3)21(18-8-7-15(13-29)11-19(18)38-10-9-36-2)33-23(30-31-24(33)35)32(14)17-6-4-5-16(12-17)25(26,27)28/h4-8,11-12,21H,9-10H2,1-3H3,(H,31,35). The summed E-state index contributed by atoms with van der Waals surface area (Å²) >= 11 is 0. The molecule has 1 aliphatic heterocycles. The molecule has 2 aromatic carbocycles. The van der Waals surface area contributed by atoms with E-state index in [-0.39, 0.29) is 47.4 Å². The van der Waals surface area contributed by atoms with Gasteiger partial charge in [0.1, 0.15) is 18.4 Å². The number of nitrogens with one attached hydrogen (secondary N) is 1. The molecule has 1 atom stereocenters. The number of aromatic amines is 1. The number of aromatic nitrogens is 3. The van der Waals surface area contributed by atoms with E-state index in [0.29, 0.717) is 5.56 Å². The molecule has 1 aliphatic rings. The van der Waals surface area contributed by atoms with E-state index >= 15 is 0 Å². The molecule has 38 heavy (non-hydrogen) atoms. The summed E-state index contributed by atoms with van der Waals surface area (Å²) in [6.45, 7) is 1.84. The van der Waals surface area contributed by atoms with E-state index in [4.69, 9.17) is 14.2 Å². The number of H-pyrrole nitrogens is 1. The van der Waals surface area contributed by atoms with Crippen molar-refractivity contribution in [2.24, 2.45) is 0 Å². The lowest BCUT2D eigenvalue weighted by atomic mass is 9.93. The van der Waals surface area contributed by atoms with Crippen LogP contribution in [-0.4, -0.2) is 48.2 Å². The van der Waals surface area contributed by atoms with Gasteiger partial charge in [-0.1, -0.05) is 12.1 Å². The van der Waals surface area contributed by atoms with Crippen LogP contribution in [0.5, 0.6) is 5.75 Å². The first kappa shape index (κ1) is 26.5. The van der Waals surface area contributed by atoms with Crippen molar-refractivity contribution >= 4 is 17.6 Å². The van der Waals surface area contributed by atoms with E-state index in [2.05, 4.69) is 10.2 Å². The Balaban J connectivity index is 1.99. The Bertz CT molecular complexity index is 1500. The number of carbonyl (C=O) groups excluding carboxylic acids is 1. The molecule has 1 N–H and O–H groups in total. The SMILES string of the molecule is COCCOc1cc(C#N)ccc1C1C(C(=O)OC)=C(C)N(c2cccc(C(F)(F)F)c2)c2n[nH]c(=O)n21. The Hall–Kier alpha value is -4.57. The molecule has 4 rings (SSSR count). The topological polar surface area (TPSA) is 122 Å². The average molecular weight is 529 g/mol. The molecule has 0 aliphatic carbocycles. The second-order valence-electron chi connectivity index (χ2n) is 8.18. The fraction of sp³-hybridized carbons (Fsp3) is 0.280. The van der Waals surface area contributed by atoms with Crippen molar-refractivity contribution in [3.05, 3.63) is 80.9 Å². The number of esters is 1. The third kappa shape index (κ3) is 4.73. The number of nitriles is 1. The van der Waals surface area contributed by atoms with Gasteiger partial charge < -0.3 is 14.2 Å². The number of anilines is 2. The van der Waals surface area contributed by atoms with Gasteiger partial charge in [0.25, 0.3) is 0 Å². The Kier molecular flexibility index (Phi) is 7.27. The maximum atomic E-state index is 13.5. The molecule has 2 heterocycles. The van der Waals surface area contributed by atoms with E-state index < -0.39 is 29.4 Å². The highest BCUT2D eigenvalue weighted by molar-refractivity contribution is 5.93. The van der Waals surface area contributed by atoms with Crippen molar-refractivity contribution in [2.45, 2.75) is 19.1 Å². The van der Waals surface area contributed by atoms with Crippen molar-refractivity contribution in [3.8, 4) is 11.8 Å². The molecule has 0 saturated carbocycles. The first-order valence-corrected chi connectivity index (χ1v) is 11.2. The van der Waals surface area contributed by atoms with Gasteiger partial charge in [-0.3, -0.25) is 4.90 Å². The summed E-state index contributed by atoms with van der Waals surface area (Å²) in [5.74, 6) is -0.682. The minimum Gasteiger partial charge on any atom is -0.491 e. The number of ether oxygens (including phenoxy) is 3. The van der Waals surface area contributed by atoms with Crippen LogP contribution in [0.25, 0.3) is 0 Å². The normalized spacial score (nSPS) is 15.2. The summed E-state index contributed by atoms with van der Waals surface area (Å²) in [4.78, 5) is 27.5. The summed E-state index contributed by atoms with van der Waals surface area (Å²) in [7, 11) is 2.63. The maximum Gasteiger partial charge on any atom is 0.416 e. The van der Waals surface area contributed by atoms with Crippen molar-refractivity contribution < 1.29 is 32.2 Å². The van der Waals surface area contributed by atoms with Crippen LogP contribution >= 0.6 is 0 Å². The molecule has 0 bridgehead atoms. The molecule has 10 nitrogen and oxygen atoms in total. The fourth-order valence-corrected chi connectivity index (χ4v) is 4.27. The zero-order valence-corrected chi connectivity index (χ0v) is 20.5. The molecule has 0 spiro atoms. The highest BCUT2D eigenvalue weighted by atomic mass is 19.4. The van der Waals surface area contributed by atoms with E-state index in [1.807, 2.05) is 6.07 Å². The number of hydrogen-bond donors (Lipinski definition) is 1. The van der Waals surface area contributed by atoms with E-state index in [0.717, 1.165) is 23.8 Å². The summed E-state index contributed by atoms with van der Waals surface area (Å²) in [6.07, 6.45) is -4.63. The monoisotopic (exact) mass is 529 g/mol. The van der Waals surface area contributed by atoms with E-state index in [9.17, 15) is 28.0 Å². The number of nitrogens with zero attached hydrogens (tertiary/aromatic N) is 4. The van der Waals surface area contributed by atoms with Gasteiger partial charge in [0, 0.05) is 24.1 Å². The lowest BCUT2D eigenvalue weighted by molar-refractivity contribution is -0.138. The quantitative estimate of drug-likeness (QED) is 0.363. The summed E-state index contributed by atoms with van der Waals surface area (Å²) in [5.41, 5.74) is -0.898. The molecule has 3 aromatic rings. The minimum absolute atomic E-state index is 0.0221. The van der Waals surface area contributed by atoms with Crippen molar-refractivity contribution in [1.29, 1.82) is 5.26 Å². The van der Waals surface area contributed by atoms with Crippen molar-refractivity contribution in [3.63, 3.8) is 0 Å². The second-order valence-corrected chi connectivity index (χ2v) is 8.18. The number of rotatable bonds is 7. The Morgan fingerprint density at radius 1 is 1.18 bits per heavy atom. The van der Waals surface area contributed by atoms with Gasteiger partial charge in [0.05, 0.1) is 36.5 Å². The third-order valence-electron chi connectivity index (χ3n) is 5.96. The summed E-state index contributed by atoms with van der Waals surface area (Å²) in [6, 6.07) is 9.77. The largest absolute Gasteiger partial charge is 0.491 e. The molecule has 1 aromatic heterocycles. The van der Waals surface area contributed by atoms with Crippen LogP contribution in [0.4, 0.5) is 24.8 Å². The smallest absolute Gasteiger partial charge is 0.416 e. The van der Waals surface area contributed by atoms with Crippen LogP contribution in [0.3, 0.4) is 0 Å². The number of hydrogen-bond acceptors (Lipinski definition) is 8. The number of halogens is 3. The highest BCUT2D eigenvalue weighted by Gasteiger charge is 2.41. The van der Waals surface area contributed by atoms with Gasteiger partial charge >= 0.3 is 17.8 Å². The van der Waals surface area contributed by atoms with Crippen LogP contribution < -0.4 is 15.3 Å². The number of methoxy groups -OCH3 is 2. The van der Waals surface area contributed by atoms with Crippen molar-refractivity contribution in [2.75, 3.05) is 32.3 Å². The van der Waals surface area contributed by atoms with E-state index in [1.165, 1.54) is 49.3 Å². The van der Waals surface area contributed by atoms with Crippen LogP contribution in [0, 0.1) is 11.3 Å². The van der Waals surface area contributed by atoms with Crippen LogP contribution in [0.1, 0.15) is 29.7 Å². The molecule has 0 saturated heterocycles. The molecular formula is C25H22F3N5O5. The Morgan fingerprint density at radius 2 is 1.95 bits per heavy atom. The van der Waals surface area contributed by atoms with Gasteiger partial charge in [-0.05, 0) is 37.3 Å². The number of alkyl halides is 3. The molecule has 13 heteroatoms. The predicted octanol–water partition coefficient (Wildman–Crippen LogP) is 3.68. The molecular weight excluding hydrogens is 507 g/mol. The summed E-state index contributed by atoms with van der Waals surface area (Å²) in [5, 5.41) is 15.8. The van der Waals surface area contributed by atoms with Gasteiger partial charge in [0.2, 0.25) is 5.95 Å². The average Bonchev–Trinajstić information content (AvgIpc) is 3.28. The highest BCUT2D eigenvalue weighted by Crippen LogP contribution is 2.44. The predicted molar refractivity (Wildman–Crippen MR) is 128 cm³/mol. The number of benzene rings is 2. The van der Waals surface area contributed by atoms with Gasteiger partial charge in [0.15, 0.2) is 0 Å². The molecule has 198 valence electrons.